The molecule has 0 amide bonds. The summed E-state index contributed by atoms with van der Waals surface area (Å²) >= 11 is 11.8. The van der Waals surface area contributed by atoms with Crippen molar-refractivity contribution < 1.29 is 91.6 Å². The van der Waals surface area contributed by atoms with Crippen LogP contribution in [0.2, 0.25) is 0 Å². The smallest absolute Gasteiger partial charge is 0.188 e. The van der Waals surface area contributed by atoms with Gasteiger partial charge in [0, 0.05) is 17.5 Å². The van der Waals surface area contributed by atoms with Gasteiger partial charge in [0.05, 0.1) is 11.1 Å². The Kier molecular flexibility index (Phi) is 24.2. The van der Waals surface area contributed by atoms with Crippen LogP contribution in [0, 0.1) is 0 Å². The zero-order valence-electron chi connectivity index (χ0n) is 51.4. The van der Waals surface area contributed by atoms with Crippen LogP contribution in [0.25, 0.3) is 0 Å². The molecule has 19 nitrogen and oxygen atoms in total. The zero-order valence-corrected chi connectivity index (χ0v) is 52.9. The van der Waals surface area contributed by atoms with Crippen LogP contribution in [0.3, 0.4) is 0 Å². The number of carbonyl (C=O) groups excluding carboxylic acids is 2. The van der Waals surface area contributed by atoms with E-state index in [-0.39, 0.29) is 72.6 Å². The van der Waals surface area contributed by atoms with Crippen molar-refractivity contribution in [1.82, 2.24) is 0 Å². The van der Waals surface area contributed by atoms with E-state index < -0.39 is 76.1 Å². The summed E-state index contributed by atoms with van der Waals surface area (Å²) in [4.78, 5) is 22.6. The van der Waals surface area contributed by atoms with Crippen molar-refractivity contribution >= 4 is 34.8 Å². The maximum atomic E-state index is 11.4. The lowest BCUT2D eigenvalue weighted by Crippen LogP contribution is -2.45. The van der Waals surface area contributed by atoms with Gasteiger partial charge in [-0.25, -0.2) is 0 Å². The summed E-state index contributed by atoms with van der Waals surface area (Å²) < 4.78 is 71.9. The van der Waals surface area contributed by atoms with E-state index in [1.807, 2.05) is 96.1 Å². The summed E-state index contributed by atoms with van der Waals surface area (Å²) in [7, 11) is 0. The first-order valence-electron chi connectivity index (χ1n) is 28.3. The number of ketones is 2. The van der Waals surface area contributed by atoms with E-state index in [0.717, 1.165) is 6.42 Å². The highest BCUT2D eigenvalue weighted by Crippen LogP contribution is 2.46. The summed E-state index contributed by atoms with van der Waals surface area (Å²) in [5, 5.41) is 41.1. The molecule has 0 radical (unpaired) electrons. The molecule has 7 saturated heterocycles. The Bertz CT molecular complexity index is 2310. The van der Waals surface area contributed by atoms with E-state index in [2.05, 4.69) is 32.9 Å². The molecule has 7 aliphatic heterocycles. The second-order valence-corrected chi connectivity index (χ2v) is 24.8. The first kappa shape index (κ1) is 71.9. The van der Waals surface area contributed by atoms with Gasteiger partial charge in [-0.2, -0.15) is 0 Å². The predicted molar refractivity (Wildman–Crippen MR) is 309 cm³/mol. The van der Waals surface area contributed by atoms with Crippen molar-refractivity contribution in [3.05, 3.63) is 85.5 Å². The Labute approximate surface area is 496 Å². The molecular weight excluding hydrogens is 1110 g/mol. The molecule has 0 aromatic heterocycles. The fraction of sp³-hybridized carbons (Fsp3) is 0.738. The van der Waals surface area contributed by atoms with Crippen molar-refractivity contribution in [2.24, 2.45) is 0 Å². The van der Waals surface area contributed by atoms with E-state index in [9.17, 15) is 30.0 Å². The third-order valence-corrected chi connectivity index (χ3v) is 15.5. The minimum Gasteiger partial charge on any atom is -0.383 e. The van der Waals surface area contributed by atoms with Crippen molar-refractivity contribution in [1.29, 1.82) is 0 Å². The van der Waals surface area contributed by atoms with Gasteiger partial charge in [0.1, 0.15) is 83.9 Å². The fourth-order valence-electron chi connectivity index (χ4n) is 10.7. The highest BCUT2D eigenvalue weighted by atomic mass is 35.5. The summed E-state index contributed by atoms with van der Waals surface area (Å²) in [6, 6.07) is 0. The SMILES string of the molecule is C=C.C=C[C@@H]1OC(C)(C)O[C@@H]1C(=O)CC.C=C[C@@H]1OC(C)(C)O[C@@H]1[C@@](O)(C=C)CC.CC1(C)O[C@@H]2C(=O)C=C(Cl)[C@@H]2O1.CC[C@H]1OC(O)[C@@H]2OC(C)(C)O[C@H]12.CC[C@]1(O)C=C(Cl)[C@@H]2OC(C)(C)O[C@@H]21.CC[C@]1(O)C=C[C@@H]2OC(C)(C)O[C@@H]21. The monoisotopic (exact) mass is 1200 g/mol. The molecule has 21 heteroatoms. The highest BCUT2D eigenvalue weighted by Gasteiger charge is 2.58. The zero-order chi connectivity index (χ0) is 62.6. The molecule has 7 fully saturated rings. The Balaban J connectivity index is 0.000000210. The van der Waals surface area contributed by atoms with E-state index in [1.54, 1.807) is 52.0 Å². The number of aliphatic hydroxyl groups is 4. The van der Waals surface area contributed by atoms with E-state index in [1.165, 1.54) is 12.2 Å². The predicted octanol–water partition coefficient (Wildman–Crippen LogP) is 9.34. The molecule has 0 aromatic rings. The maximum absolute atomic E-state index is 11.4. The number of aliphatic hydroxyl groups excluding tert-OH is 1. The van der Waals surface area contributed by atoms with Crippen LogP contribution in [0.4, 0.5) is 0 Å². The topological polar surface area (TPSA) is 235 Å². The van der Waals surface area contributed by atoms with E-state index in [0.29, 0.717) is 35.7 Å². The van der Waals surface area contributed by atoms with E-state index in [4.69, 9.17) is 84.8 Å². The Hall–Kier alpha value is -2.58. The van der Waals surface area contributed by atoms with Gasteiger partial charge < -0.3 is 82.0 Å². The molecule has 0 bridgehead atoms. The minimum atomic E-state index is -1.06. The average Bonchev–Trinajstić information content (AvgIpc) is 4.32. The second kappa shape index (κ2) is 27.6. The first-order chi connectivity index (χ1) is 37.8. The summed E-state index contributed by atoms with van der Waals surface area (Å²) in [6.07, 6.45) is 9.82. The molecule has 4 N–H and O–H groups in total. The maximum Gasteiger partial charge on any atom is 0.188 e. The summed E-state index contributed by atoms with van der Waals surface area (Å²) in [5.74, 6) is -3.90. The molecule has 82 heavy (non-hydrogen) atoms. The van der Waals surface area contributed by atoms with Crippen LogP contribution in [-0.2, 0) is 71.2 Å². The molecule has 0 saturated carbocycles. The highest BCUT2D eigenvalue weighted by molar-refractivity contribution is 6.33. The van der Waals surface area contributed by atoms with Crippen molar-refractivity contribution in [3.63, 3.8) is 0 Å². The molecule has 10 aliphatic rings. The number of Topliss-reactive ketones (excluding diaryl/α,β-unsaturated/α-hetero) is 1. The van der Waals surface area contributed by atoms with Crippen LogP contribution >= 0.6 is 23.2 Å². The number of ether oxygens (including phenoxy) is 13. The Morgan fingerprint density at radius 3 is 1.63 bits per heavy atom. The molecule has 17 atom stereocenters. The van der Waals surface area contributed by atoms with Crippen LogP contribution in [0.15, 0.2) is 85.5 Å². The normalized spacial score (nSPS) is 39.5. The van der Waals surface area contributed by atoms with Crippen molar-refractivity contribution in [2.75, 3.05) is 0 Å². The van der Waals surface area contributed by atoms with Gasteiger partial charge in [0.2, 0.25) is 0 Å². The standard InChI is InChI=1S/C12H20O3.C10H15ClO3.2C10H16O3.C9H16O4.C8H9ClO3.C2H4/c1-6-9-10(12(13,7-2)8-3)15-11(4,5)14-9;1-4-10(12)5-6(11)7-8(10)14-9(2,3)13-7;1-4-10(11)6-5-7-8(10)13-9(2,3)12-7;1-5-7(11)9-8(6-2)12-10(3,4)13-9;1-4-5-6-7(8(10)11-5)13-9(2,3)12-6;1-8(2)11-6-4(9)3-5(10)7(6)12-8;1-2/h6-7,9-10,13H,1-2,8H2,3-5H3;5,7-8,12H,4H2,1-3H3;5-8,11H,4H2,1-3H3;6,8-9H,2,5H2,1,3-4H3;5-8,10H,4H2,1-3H3;3,6-7H,1-2H3;1-2H2/t9-,10-,12+;2*7-,8-,10-;8-,9+;5-,6-,7-,8?;6-,7+;/m000010./s1. The molecule has 3 aliphatic carbocycles. The lowest BCUT2D eigenvalue weighted by Gasteiger charge is -2.31. The van der Waals surface area contributed by atoms with Gasteiger partial charge in [-0.05, 0) is 115 Å². The molecular formula is C61H96Cl2O19. The van der Waals surface area contributed by atoms with Gasteiger partial charge in [-0.15, -0.1) is 32.9 Å². The number of hydrogen-bond donors (Lipinski definition) is 4. The lowest BCUT2D eigenvalue weighted by molar-refractivity contribution is -0.220. The molecule has 0 spiro atoms. The third kappa shape index (κ3) is 17.1. The second-order valence-electron chi connectivity index (χ2n) is 23.9. The molecule has 7 heterocycles. The van der Waals surface area contributed by atoms with Crippen LogP contribution in [-0.4, -0.2) is 169 Å². The van der Waals surface area contributed by atoms with Crippen LogP contribution in [0.5, 0.6) is 0 Å². The van der Waals surface area contributed by atoms with Crippen LogP contribution in [0.1, 0.15) is 150 Å². The molecule has 10 rings (SSSR count). The Morgan fingerprint density at radius 2 is 1.11 bits per heavy atom. The number of halogens is 2. The quantitative estimate of drug-likeness (QED) is 0.149. The number of fused-ring (bicyclic) bond motifs is 4. The van der Waals surface area contributed by atoms with Gasteiger partial charge in [0.15, 0.2) is 58.7 Å². The molecule has 1 unspecified atom stereocenters. The third-order valence-electron chi connectivity index (χ3n) is 14.8. The number of carbonyl (C=O) groups is 2. The van der Waals surface area contributed by atoms with Crippen molar-refractivity contribution in [3.8, 4) is 0 Å². The van der Waals surface area contributed by atoms with Crippen molar-refractivity contribution in [2.45, 2.75) is 287 Å². The number of hydrogen-bond acceptors (Lipinski definition) is 19. The van der Waals surface area contributed by atoms with E-state index >= 15 is 0 Å². The van der Waals surface area contributed by atoms with Gasteiger partial charge in [-0.3, -0.25) is 9.59 Å². The molecule has 0 aromatic carbocycles. The lowest BCUT2D eigenvalue weighted by atomic mass is 9.90. The number of rotatable bonds is 10. The van der Waals surface area contributed by atoms with Gasteiger partial charge in [-0.1, -0.05) is 88.2 Å². The average molecular weight is 1200 g/mol. The van der Waals surface area contributed by atoms with Crippen LogP contribution < -0.4 is 0 Å². The summed E-state index contributed by atoms with van der Waals surface area (Å²) in [5.41, 5.74) is -2.87. The largest absolute Gasteiger partial charge is 0.383 e. The van der Waals surface area contributed by atoms with Gasteiger partial charge >= 0.3 is 0 Å². The first-order valence-corrected chi connectivity index (χ1v) is 29.1. The molecule has 468 valence electrons. The minimum absolute atomic E-state index is 0.0400. The Morgan fingerprint density at radius 1 is 0.622 bits per heavy atom. The summed E-state index contributed by atoms with van der Waals surface area (Å²) in [6.45, 7) is 48.4. The van der Waals surface area contributed by atoms with Gasteiger partial charge in [0.25, 0.3) is 0 Å². The fourth-order valence-corrected chi connectivity index (χ4v) is 11.3.